The quantitative estimate of drug-likeness (QED) is 0.899. The number of piperidine rings is 1. The average molecular weight is 330 g/mol. The molecule has 5 nitrogen and oxygen atoms in total. The molecular weight excluding hydrogens is 304 g/mol. The van der Waals surface area contributed by atoms with Crippen LogP contribution in [-0.4, -0.2) is 43.0 Å². The minimum Gasteiger partial charge on any atom is -0.364 e. The van der Waals surface area contributed by atoms with E-state index < -0.39 is 5.60 Å². The number of methoxy groups -OCH3 is 1. The summed E-state index contributed by atoms with van der Waals surface area (Å²) in [6, 6.07) is 9.97. The lowest BCUT2D eigenvalue weighted by Gasteiger charge is -2.37. The first-order chi connectivity index (χ1) is 11.5. The van der Waals surface area contributed by atoms with E-state index in [2.05, 4.69) is 5.32 Å². The summed E-state index contributed by atoms with van der Waals surface area (Å²) in [5.41, 5.74) is -0.129. The summed E-state index contributed by atoms with van der Waals surface area (Å²) in [6.45, 7) is 3.03. The van der Waals surface area contributed by atoms with Gasteiger partial charge in [0.1, 0.15) is 0 Å². The molecule has 24 heavy (non-hydrogen) atoms. The second-order valence-electron chi connectivity index (χ2n) is 6.95. The fourth-order valence-corrected chi connectivity index (χ4v) is 3.28. The van der Waals surface area contributed by atoms with Gasteiger partial charge < -0.3 is 15.0 Å². The van der Waals surface area contributed by atoms with Crippen LogP contribution in [0, 0.1) is 5.92 Å². The summed E-state index contributed by atoms with van der Waals surface area (Å²) in [4.78, 5) is 27.0. The largest absolute Gasteiger partial charge is 0.364 e. The Balaban J connectivity index is 1.62. The van der Waals surface area contributed by atoms with Crippen molar-refractivity contribution in [2.45, 2.75) is 44.2 Å². The van der Waals surface area contributed by atoms with Gasteiger partial charge in [-0.2, -0.15) is 0 Å². The fraction of sp³-hybridized carbons (Fsp3) is 0.579. The zero-order valence-electron chi connectivity index (χ0n) is 14.5. The Kier molecular flexibility index (Phi) is 4.90. The molecule has 1 saturated carbocycles. The number of ether oxygens (including phenoxy) is 1. The van der Waals surface area contributed by atoms with Crippen LogP contribution < -0.4 is 5.32 Å². The van der Waals surface area contributed by atoms with Crippen LogP contribution in [0.4, 0.5) is 0 Å². The van der Waals surface area contributed by atoms with E-state index in [1.807, 2.05) is 42.2 Å². The first-order valence-corrected chi connectivity index (χ1v) is 8.75. The number of nitrogens with one attached hydrogen (secondary N) is 1. The molecule has 1 aliphatic heterocycles. The molecule has 1 unspecified atom stereocenters. The number of amides is 2. The molecule has 0 spiro atoms. The lowest BCUT2D eigenvalue weighted by molar-refractivity contribution is -0.156. The van der Waals surface area contributed by atoms with Gasteiger partial charge in [0, 0.05) is 32.2 Å². The first-order valence-electron chi connectivity index (χ1n) is 8.75. The van der Waals surface area contributed by atoms with Crippen molar-refractivity contribution >= 4 is 11.8 Å². The molecule has 2 amide bonds. The van der Waals surface area contributed by atoms with Crippen molar-refractivity contribution in [2.24, 2.45) is 5.92 Å². The van der Waals surface area contributed by atoms with E-state index in [1.165, 1.54) is 0 Å². The third-order valence-corrected chi connectivity index (χ3v) is 5.22. The highest BCUT2D eigenvalue weighted by Gasteiger charge is 2.40. The number of carbonyl (C=O) groups excluding carboxylic acids is 2. The van der Waals surface area contributed by atoms with Crippen molar-refractivity contribution < 1.29 is 14.3 Å². The Hall–Kier alpha value is -1.88. The average Bonchev–Trinajstić information content (AvgIpc) is 3.45. The van der Waals surface area contributed by atoms with E-state index >= 15 is 0 Å². The highest BCUT2D eigenvalue weighted by Crippen LogP contribution is 2.30. The molecule has 130 valence electrons. The van der Waals surface area contributed by atoms with Gasteiger partial charge in [-0.1, -0.05) is 30.3 Å². The molecule has 0 bridgehead atoms. The Morgan fingerprint density at radius 3 is 2.29 bits per heavy atom. The van der Waals surface area contributed by atoms with Gasteiger partial charge in [-0.15, -0.1) is 0 Å². The summed E-state index contributed by atoms with van der Waals surface area (Å²) in [5, 5.41) is 3.07. The third-order valence-electron chi connectivity index (χ3n) is 5.22. The molecule has 1 aliphatic carbocycles. The van der Waals surface area contributed by atoms with Crippen molar-refractivity contribution in [3.8, 4) is 0 Å². The molecule has 5 heteroatoms. The van der Waals surface area contributed by atoms with Crippen LogP contribution in [0.5, 0.6) is 0 Å². The van der Waals surface area contributed by atoms with Crippen LogP contribution in [0.2, 0.25) is 0 Å². The zero-order chi connectivity index (χ0) is 17.2. The predicted molar refractivity (Wildman–Crippen MR) is 91.3 cm³/mol. The zero-order valence-corrected chi connectivity index (χ0v) is 14.5. The van der Waals surface area contributed by atoms with Crippen molar-refractivity contribution in [3.63, 3.8) is 0 Å². The van der Waals surface area contributed by atoms with Gasteiger partial charge in [-0.3, -0.25) is 9.59 Å². The Bertz CT molecular complexity index is 592. The number of nitrogens with zero attached hydrogens (tertiary/aromatic N) is 1. The highest BCUT2D eigenvalue weighted by atomic mass is 16.5. The van der Waals surface area contributed by atoms with Crippen molar-refractivity contribution in [2.75, 3.05) is 20.2 Å². The van der Waals surface area contributed by atoms with E-state index in [4.69, 9.17) is 4.74 Å². The number of rotatable bonds is 5. The predicted octanol–water partition coefficient (Wildman–Crippen LogP) is 2.07. The number of benzene rings is 1. The summed E-state index contributed by atoms with van der Waals surface area (Å²) >= 11 is 0. The summed E-state index contributed by atoms with van der Waals surface area (Å²) in [5.74, 6) is 0.152. The summed E-state index contributed by atoms with van der Waals surface area (Å²) in [6.07, 6.45) is 3.65. The van der Waals surface area contributed by atoms with Crippen LogP contribution in [0.25, 0.3) is 0 Å². The molecule has 1 N–H and O–H groups in total. The second-order valence-corrected chi connectivity index (χ2v) is 6.95. The lowest BCUT2D eigenvalue weighted by atomic mass is 9.91. The summed E-state index contributed by atoms with van der Waals surface area (Å²) in [7, 11) is 1.57. The lowest BCUT2D eigenvalue weighted by Crippen LogP contribution is -2.50. The van der Waals surface area contributed by atoms with E-state index in [-0.39, 0.29) is 17.7 Å². The molecule has 2 fully saturated rings. The number of likely N-dealkylation sites (tertiary alicyclic amines) is 1. The van der Waals surface area contributed by atoms with Crippen LogP contribution in [0.1, 0.15) is 38.2 Å². The minimum atomic E-state index is -0.982. The molecule has 1 aromatic carbocycles. The number of hydrogen-bond donors (Lipinski definition) is 1. The molecule has 0 radical (unpaired) electrons. The van der Waals surface area contributed by atoms with Crippen LogP contribution >= 0.6 is 0 Å². The van der Waals surface area contributed by atoms with Crippen molar-refractivity contribution in [3.05, 3.63) is 35.9 Å². The normalized spacial score (nSPS) is 21.2. The molecule has 2 aliphatic rings. The van der Waals surface area contributed by atoms with E-state index in [1.54, 1.807) is 7.11 Å². The number of hydrogen-bond acceptors (Lipinski definition) is 3. The standard InChI is InChI=1S/C19H26N2O3/c1-19(24-2,15-6-4-3-5-7-15)18(23)21-12-10-14(11-13-21)17(22)20-16-8-9-16/h3-7,14,16H,8-13H2,1-2H3,(H,20,22). The van der Waals surface area contributed by atoms with Crippen LogP contribution in [0.15, 0.2) is 30.3 Å². The van der Waals surface area contributed by atoms with Crippen molar-refractivity contribution in [1.29, 1.82) is 0 Å². The Morgan fingerprint density at radius 1 is 1.12 bits per heavy atom. The molecular formula is C19H26N2O3. The SMILES string of the molecule is COC(C)(C(=O)N1CCC(C(=O)NC2CC2)CC1)c1ccccc1. The van der Waals surface area contributed by atoms with Gasteiger partial charge in [-0.05, 0) is 38.2 Å². The highest BCUT2D eigenvalue weighted by molar-refractivity contribution is 5.87. The molecule has 0 aromatic heterocycles. The first kappa shape index (κ1) is 17.0. The van der Waals surface area contributed by atoms with Crippen LogP contribution in [-0.2, 0) is 19.9 Å². The Morgan fingerprint density at radius 2 is 1.75 bits per heavy atom. The maximum absolute atomic E-state index is 13.0. The van der Waals surface area contributed by atoms with Gasteiger partial charge in [0.2, 0.25) is 5.91 Å². The maximum Gasteiger partial charge on any atom is 0.259 e. The third kappa shape index (κ3) is 3.46. The van der Waals surface area contributed by atoms with Crippen molar-refractivity contribution in [1.82, 2.24) is 10.2 Å². The van der Waals surface area contributed by atoms with E-state index in [0.717, 1.165) is 31.2 Å². The number of carbonyl (C=O) groups is 2. The van der Waals surface area contributed by atoms with Crippen LogP contribution in [0.3, 0.4) is 0 Å². The Labute approximate surface area is 143 Å². The smallest absolute Gasteiger partial charge is 0.259 e. The fourth-order valence-electron chi connectivity index (χ4n) is 3.28. The van der Waals surface area contributed by atoms with E-state index in [0.29, 0.717) is 19.1 Å². The van der Waals surface area contributed by atoms with Gasteiger partial charge >= 0.3 is 0 Å². The molecule has 1 aromatic rings. The second kappa shape index (κ2) is 6.93. The minimum absolute atomic E-state index is 0.0279. The molecule has 3 rings (SSSR count). The van der Waals surface area contributed by atoms with Gasteiger partial charge in [0.15, 0.2) is 5.60 Å². The maximum atomic E-state index is 13.0. The molecule has 1 atom stereocenters. The summed E-state index contributed by atoms with van der Waals surface area (Å²) < 4.78 is 5.60. The monoisotopic (exact) mass is 330 g/mol. The van der Waals surface area contributed by atoms with Gasteiger partial charge in [-0.25, -0.2) is 0 Å². The van der Waals surface area contributed by atoms with Gasteiger partial charge in [0.05, 0.1) is 0 Å². The molecule has 1 heterocycles. The van der Waals surface area contributed by atoms with Gasteiger partial charge in [0.25, 0.3) is 5.91 Å². The van der Waals surface area contributed by atoms with E-state index in [9.17, 15) is 9.59 Å². The molecule has 1 saturated heterocycles. The topological polar surface area (TPSA) is 58.6 Å².